The second-order valence-electron chi connectivity index (χ2n) is 5.80. The number of para-hydroxylation sites is 2. The molecule has 0 saturated heterocycles. The summed E-state index contributed by atoms with van der Waals surface area (Å²) in [6, 6.07) is 22.5. The van der Waals surface area contributed by atoms with E-state index in [1.807, 2.05) is 60.7 Å². The van der Waals surface area contributed by atoms with Crippen molar-refractivity contribution in [3.63, 3.8) is 0 Å². The minimum Gasteiger partial charge on any atom is -0.267 e. The van der Waals surface area contributed by atoms with Crippen LogP contribution in [0.5, 0.6) is 0 Å². The Hall–Kier alpha value is -2.87. The van der Waals surface area contributed by atoms with E-state index in [1.54, 1.807) is 5.01 Å². The average Bonchev–Trinajstić information content (AvgIpc) is 2.73. The molecule has 3 aromatic carbocycles. The van der Waals surface area contributed by atoms with E-state index in [9.17, 15) is 13.2 Å². The molecule has 3 rings (SSSR count). The number of carbonyl (C=O) groups excluding carboxylic acids is 1. The van der Waals surface area contributed by atoms with Gasteiger partial charge < -0.3 is 0 Å². The quantitative estimate of drug-likeness (QED) is 0.601. The first-order chi connectivity index (χ1) is 13.4. The van der Waals surface area contributed by atoms with E-state index in [0.29, 0.717) is 0 Å². The molecule has 2 N–H and O–H groups in total. The van der Waals surface area contributed by atoms with Gasteiger partial charge in [0, 0.05) is 0 Å². The molecule has 0 bridgehead atoms. The van der Waals surface area contributed by atoms with Crippen LogP contribution >= 0.6 is 11.6 Å². The van der Waals surface area contributed by atoms with Crippen molar-refractivity contribution in [1.82, 2.24) is 10.1 Å². The van der Waals surface area contributed by atoms with Crippen LogP contribution in [-0.2, 0) is 10.0 Å². The summed E-state index contributed by atoms with van der Waals surface area (Å²) < 4.78 is 26.3. The van der Waals surface area contributed by atoms with Crippen molar-refractivity contribution >= 4 is 38.9 Å². The third-order valence-electron chi connectivity index (χ3n) is 4.00. The Balaban J connectivity index is 1.98. The van der Waals surface area contributed by atoms with Gasteiger partial charge in [0.15, 0.2) is 0 Å². The maximum Gasteiger partial charge on any atom is 0.271 e. The van der Waals surface area contributed by atoms with Crippen LogP contribution < -0.4 is 15.2 Å². The molecule has 0 aliphatic rings. The second kappa shape index (κ2) is 8.43. The molecule has 6 nitrogen and oxygen atoms in total. The highest BCUT2D eigenvalue weighted by Gasteiger charge is 2.20. The summed E-state index contributed by atoms with van der Waals surface area (Å²) >= 11 is 6.17. The summed E-state index contributed by atoms with van der Waals surface area (Å²) in [6.45, 7) is 0. The van der Waals surface area contributed by atoms with E-state index in [2.05, 4.69) is 10.1 Å². The summed E-state index contributed by atoms with van der Waals surface area (Å²) in [5.74, 6) is -0.536. The van der Waals surface area contributed by atoms with E-state index < -0.39 is 15.9 Å². The van der Waals surface area contributed by atoms with Gasteiger partial charge in [-0.05, 0) is 49.5 Å². The number of hydrogen-bond acceptors (Lipinski definition) is 4. The summed E-state index contributed by atoms with van der Waals surface area (Å²) in [5, 5.41) is 1.76. The lowest BCUT2D eigenvalue weighted by atomic mass is 10.2. The van der Waals surface area contributed by atoms with E-state index in [4.69, 9.17) is 11.6 Å². The lowest BCUT2D eigenvalue weighted by Crippen LogP contribution is -2.39. The second-order valence-corrected chi connectivity index (χ2v) is 8.09. The molecule has 0 aliphatic carbocycles. The maximum atomic E-state index is 12.9. The van der Waals surface area contributed by atoms with Crippen LogP contribution in [0.3, 0.4) is 0 Å². The van der Waals surface area contributed by atoms with Crippen LogP contribution in [-0.4, -0.2) is 21.4 Å². The van der Waals surface area contributed by atoms with Gasteiger partial charge in [0.05, 0.1) is 26.9 Å². The van der Waals surface area contributed by atoms with Gasteiger partial charge in [-0.2, -0.15) is 0 Å². The highest BCUT2D eigenvalue weighted by Crippen LogP contribution is 2.25. The molecule has 1 amide bonds. The summed E-state index contributed by atoms with van der Waals surface area (Å²) in [5.41, 5.74) is 4.32. The van der Waals surface area contributed by atoms with Crippen molar-refractivity contribution < 1.29 is 13.2 Å². The van der Waals surface area contributed by atoms with Crippen LogP contribution in [0.1, 0.15) is 10.4 Å². The lowest BCUT2D eigenvalue weighted by molar-refractivity contribution is 0.0953. The number of rotatable bonds is 6. The van der Waals surface area contributed by atoms with Gasteiger partial charge in [-0.1, -0.05) is 48.0 Å². The van der Waals surface area contributed by atoms with Gasteiger partial charge in [0.2, 0.25) is 10.0 Å². The molecule has 0 radical (unpaired) electrons. The fourth-order valence-corrected chi connectivity index (χ4v) is 3.52. The highest BCUT2D eigenvalue weighted by atomic mass is 35.5. The number of hydrogen-bond donors (Lipinski definition) is 2. The topological polar surface area (TPSA) is 78.5 Å². The largest absolute Gasteiger partial charge is 0.271 e. The number of halogens is 1. The van der Waals surface area contributed by atoms with Gasteiger partial charge in [0.25, 0.3) is 5.91 Å². The molecule has 0 saturated carbocycles. The minimum absolute atomic E-state index is 0.0458. The van der Waals surface area contributed by atoms with E-state index in [0.717, 1.165) is 11.4 Å². The average molecular weight is 416 g/mol. The molecule has 0 unspecified atom stereocenters. The maximum absolute atomic E-state index is 12.9. The number of nitrogens with zero attached hydrogens (tertiary/aromatic N) is 1. The molecule has 0 spiro atoms. The van der Waals surface area contributed by atoms with Gasteiger partial charge in [0.1, 0.15) is 0 Å². The van der Waals surface area contributed by atoms with Crippen molar-refractivity contribution in [2.75, 3.05) is 12.1 Å². The SMILES string of the molecule is CNS(=O)(=O)c1ccc(Cl)c(C(=O)NN(c2ccccc2)c2ccccc2)c1. The fourth-order valence-electron chi connectivity index (χ4n) is 2.56. The molecule has 28 heavy (non-hydrogen) atoms. The highest BCUT2D eigenvalue weighted by molar-refractivity contribution is 7.89. The molecular weight excluding hydrogens is 398 g/mol. The third kappa shape index (κ3) is 4.33. The van der Waals surface area contributed by atoms with Crippen molar-refractivity contribution in [3.8, 4) is 0 Å². The van der Waals surface area contributed by atoms with E-state index >= 15 is 0 Å². The number of nitrogens with one attached hydrogen (secondary N) is 2. The zero-order valence-electron chi connectivity index (χ0n) is 15.0. The van der Waals surface area contributed by atoms with Crippen molar-refractivity contribution in [2.45, 2.75) is 4.90 Å². The Morgan fingerprint density at radius 1 is 0.893 bits per heavy atom. The Labute approximate surface area is 168 Å². The number of amides is 1. The Kier molecular flexibility index (Phi) is 5.99. The number of benzene rings is 3. The van der Waals surface area contributed by atoms with Gasteiger partial charge in [-0.25, -0.2) is 13.1 Å². The van der Waals surface area contributed by atoms with E-state index in [-0.39, 0.29) is 15.5 Å². The predicted molar refractivity (Wildman–Crippen MR) is 110 cm³/mol. The third-order valence-corrected chi connectivity index (χ3v) is 5.75. The molecule has 0 heterocycles. The predicted octanol–water partition coefficient (Wildman–Crippen LogP) is 3.73. The van der Waals surface area contributed by atoms with Crippen molar-refractivity contribution in [1.29, 1.82) is 0 Å². The number of hydrazine groups is 1. The van der Waals surface area contributed by atoms with E-state index in [1.165, 1.54) is 25.2 Å². The van der Waals surface area contributed by atoms with Gasteiger partial charge in [-0.3, -0.25) is 15.2 Å². The molecule has 8 heteroatoms. The van der Waals surface area contributed by atoms with Crippen LogP contribution in [0.2, 0.25) is 5.02 Å². The summed E-state index contributed by atoms with van der Waals surface area (Å²) in [7, 11) is -2.40. The standard InChI is InChI=1S/C20H18ClN3O3S/c1-22-28(26,27)17-12-13-19(21)18(14-17)20(25)23-24(15-8-4-2-5-9-15)16-10-6-3-7-11-16/h2-14,22H,1H3,(H,23,25). The molecule has 0 aromatic heterocycles. The molecule has 0 aliphatic heterocycles. The van der Waals surface area contributed by atoms with Crippen LogP contribution in [0.25, 0.3) is 0 Å². The first-order valence-corrected chi connectivity index (χ1v) is 10.2. The Morgan fingerprint density at radius 2 is 1.43 bits per heavy atom. The molecule has 3 aromatic rings. The Bertz CT molecular complexity index is 1030. The number of carbonyl (C=O) groups is 1. The fraction of sp³-hybridized carbons (Fsp3) is 0.0500. The zero-order valence-corrected chi connectivity index (χ0v) is 16.5. The van der Waals surface area contributed by atoms with Crippen LogP contribution in [0, 0.1) is 0 Å². The van der Waals surface area contributed by atoms with Crippen molar-refractivity contribution in [2.24, 2.45) is 0 Å². The monoisotopic (exact) mass is 415 g/mol. The lowest BCUT2D eigenvalue weighted by Gasteiger charge is -2.25. The molecule has 0 atom stereocenters. The first-order valence-electron chi connectivity index (χ1n) is 8.36. The number of sulfonamides is 1. The normalized spacial score (nSPS) is 11.1. The van der Waals surface area contributed by atoms with Crippen LogP contribution in [0.4, 0.5) is 11.4 Å². The van der Waals surface area contributed by atoms with Gasteiger partial charge >= 0.3 is 0 Å². The molecular formula is C20H18ClN3O3S. The number of anilines is 2. The molecule has 144 valence electrons. The molecule has 0 fully saturated rings. The minimum atomic E-state index is -3.71. The zero-order chi connectivity index (χ0) is 20.1. The van der Waals surface area contributed by atoms with Crippen molar-refractivity contribution in [3.05, 3.63) is 89.4 Å². The summed E-state index contributed by atoms with van der Waals surface area (Å²) in [4.78, 5) is 12.9. The first kappa shape index (κ1) is 19.9. The van der Waals surface area contributed by atoms with Gasteiger partial charge in [-0.15, -0.1) is 0 Å². The Morgan fingerprint density at radius 3 is 1.93 bits per heavy atom. The smallest absolute Gasteiger partial charge is 0.267 e. The summed E-state index contributed by atoms with van der Waals surface area (Å²) in [6.07, 6.45) is 0. The van der Waals surface area contributed by atoms with Crippen LogP contribution in [0.15, 0.2) is 83.8 Å².